The molecule has 2 amide bonds. The van der Waals surface area contributed by atoms with Gasteiger partial charge in [-0.25, -0.2) is 9.59 Å². The van der Waals surface area contributed by atoms with E-state index in [1.54, 1.807) is 6.92 Å². The van der Waals surface area contributed by atoms with Crippen molar-refractivity contribution in [3.8, 4) is 11.1 Å². The van der Waals surface area contributed by atoms with Gasteiger partial charge in [-0.1, -0.05) is 62.4 Å². The topological polar surface area (TPSA) is 95.9 Å². The monoisotopic (exact) mass is 478 g/mol. The van der Waals surface area contributed by atoms with Crippen molar-refractivity contribution < 1.29 is 24.2 Å². The minimum atomic E-state index is -1.15. The van der Waals surface area contributed by atoms with E-state index in [0.717, 1.165) is 11.1 Å². The molecule has 1 aliphatic carbocycles. The first-order valence-electron chi connectivity index (χ1n) is 12.3. The van der Waals surface area contributed by atoms with Gasteiger partial charge in [-0.3, -0.25) is 4.79 Å². The lowest BCUT2D eigenvalue weighted by Crippen LogP contribution is -2.51. The van der Waals surface area contributed by atoms with Crippen LogP contribution in [0.25, 0.3) is 11.1 Å². The van der Waals surface area contributed by atoms with Crippen LogP contribution in [0.1, 0.15) is 57.1 Å². The molecule has 7 nitrogen and oxygen atoms in total. The van der Waals surface area contributed by atoms with E-state index < -0.39 is 17.6 Å². The summed E-state index contributed by atoms with van der Waals surface area (Å²) in [4.78, 5) is 38.8. The third kappa shape index (κ3) is 4.90. The molecular formula is C28H34N2O5. The predicted molar refractivity (Wildman–Crippen MR) is 133 cm³/mol. The highest BCUT2D eigenvalue weighted by molar-refractivity contribution is 5.87. The molecule has 1 fully saturated rings. The van der Waals surface area contributed by atoms with Gasteiger partial charge >= 0.3 is 12.1 Å². The van der Waals surface area contributed by atoms with E-state index in [2.05, 4.69) is 29.6 Å². The SMILES string of the molecule is CC(C)C(CNC(=O)OCC1c2ccccc2-c2ccccc21)CC(=O)N1CCC[C@]1(C)C(=O)O. The number of carbonyl (C=O) groups is 3. The van der Waals surface area contributed by atoms with Crippen LogP contribution in [0.3, 0.4) is 0 Å². The average Bonchev–Trinajstić information content (AvgIpc) is 3.39. The normalized spacial score (nSPS) is 19.8. The predicted octanol–water partition coefficient (Wildman–Crippen LogP) is 4.65. The summed E-state index contributed by atoms with van der Waals surface area (Å²) < 4.78 is 5.62. The second-order valence-corrected chi connectivity index (χ2v) is 10.1. The van der Waals surface area contributed by atoms with E-state index in [4.69, 9.17) is 4.74 Å². The molecule has 2 aromatic rings. The maximum atomic E-state index is 13.0. The number of benzene rings is 2. The molecule has 0 radical (unpaired) electrons. The van der Waals surface area contributed by atoms with Gasteiger partial charge in [0.2, 0.25) is 5.91 Å². The van der Waals surface area contributed by atoms with Crippen molar-refractivity contribution in [2.75, 3.05) is 19.7 Å². The molecule has 35 heavy (non-hydrogen) atoms. The minimum absolute atomic E-state index is 0.0144. The number of likely N-dealkylation sites (tertiary alicyclic amines) is 1. The molecular weight excluding hydrogens is 444 g/mol. The molecule has 1 saturated heterocycles. The van der Waals surface area contributed by atoms with Crippen LogP contribution in [0.4, 0.5) is 4.79 Å². The van der Waals surface area contributed by atoms with E-state index in [1.807, 2.05) is 38.1 Å². The molecule has 2 aromatic carbocycles. The Hall–Kier alpha value is -3.35. The lowest BCUT2D eigenvalue weighted by molar-refractivity contribution is -0.155. The van der Waals surface area contributed by atoms with E-state index in [9.17, 15) is 19.5 Å². The van der Waals surface area contributed by atoms with Crippen LogP contribution in [0, 0.1) is 11.8 Å². The third-order valence-corrected chi connectivity index (χ3v) is 7.63. The first-order valence-corrected chi connectivity index (χ1v) is 12.3. The number of nitrogens with one attached hydrogen (secondary N) is 1. The van der Waals surface area contributed by atoms with Crippen LogP contribution in [-0.4, -0.2) is 53.2 Å². The summed E-state index contributed by atoms with van der Waals surface area (Å²) in [6.07, 6.45) is 0.808. The Bertz CT molecular complexity index is 1070. The number of ether oxygens (including phenoxy) is 1. The minimum Gasteiger partial charge on any atom is -0.480 e. The van der Waals surface area contributed by atoms with Crippen molar-refractivity contribution >= 4 is 18.0 Å². The number of carboxylic acids is 1. The number of hydrogen-bond donors (Lipinski definition) is 2. The number of aliphatic carboxylic acids is 1. The van der Waals surface area contributed by atoms with E-state index >= 15 is 0 Å². The quantitative estimate of drug-likeness (QED) is 0.576. The maximum Gasteiger partial charge on any atom is 0.407 e. The van der Waals surface area contributed by atoms with Crippen molar-refractivity contribution in [1.29, 1.82) is 0 Å². The van der Waals surface area contributed by atoms with E-state index in [0.29, 0.717) is 19.4 Å². The van der Waals surface area contributed by atoms with Crippen LogP contribution in [0.2, 0.25) is 0 Å². The van der Waals surface area contributed by atoms with E-state index in [-0.39, 0.29) is 43.2 Å². The summed E-state index contributed by atoms with van der Waals surface area (Å²) in [6.45, 7) is 6.58. The number of carboxylic acid groups (broad SMARTS) is 1. The summed E-state index contributed by atoms with van der Waals surface area (Å²) in [6, 6.07) is 16.4. The van der Waals surface area contributed by atoms with Gasteiger partial charge in [0.25, 0.3) is 0 Å². The summed E-state index contributed by atoms with van der Waals surface area (Å²) in [5.74, 6) is -1.16. The van der Waals surface area contributed by atoms with Gasteiger partial charge in [-0.2, -0.15) is 0 Å². The van der Waals surface area contributed by atoms with Gasteiger partial charge in [0.05, 0.1) is 0 Å². The molecule has 2 aliphatic rings. The molecule has 0 saturated carbocycles. The lowest BCUT2D eigenvalue weighted by atomic mass is 9.91. The highest BCUT2D eigenvalue weighted by Crippen LogP contribution is 2.44. The Morgan fingerprint density at radius 1 is 1.09 bits per heavy atom. The Labute approximate surface area is 206 Å². The molecule has 4 rings (SSSR count). The first kappa shape index (κ1) is 24.8. The zero-order valence-corrected chi connectivity index (χ0v) is 20.6. The van der Waals surface area contributed by atoms with Crippen LogP contribution in [-0.2, 0) is 14.3 Å². The Balaban J connectivity index is 1.34. The number of carbonyl (C=O) groups excluding carboxylic acids is 2. The smallest absolute Gasteiger partial charge is 0.407 e. The highest BCUT2D eigenvalue weighted by atomic mass is 16.5. The third-order valence-electron chi connectivity index (χ3n) is 7.63. The molecule has 0 aromatic heterocycles. The lowest BCUT2D eigenvalue weighted by Gasteiger charge is -2.33. The fraction of sp³-hybridized carbons (Fsp3) is 0.464. The summed E-state index contributed by atoms with van der Waals surface area (Å²) in [7, 11) is 0. The average molecular weight is 479 g/mol. The molecule has 186 valence electrons. The van der Waals surface area contributed by atoms with Crippen molar-refractivity contribution in [1.82, 2.24) is 10.2 Å². The molecule has 2 atom stereocenters. The van der Waals surface area contributed by atoms with Crippen LogP contribution < -0.4 is 5.32 Å². The van der Waals surface area contributed by atoms with Gasteiger partial charge in [0, 0.05) is 25.4 Å². The summed E-state index contributed by atoms with van der Waals surface area (Å²) in [5.41, 5.74) is 3.49. The van der Waals surface area contributed by atoms with Crippen molar-refractivity contribution in [2.24, 2.45) is 11.8 Å². The number of nitrogens with zero attached hydrogens (tertiary/aromatic N) is 1. The molecule has 0 bridgehead atoms. The Morgan fingerprint density at radius 2 is 1.69 bits per heavy atom. The molecule has 1 heterocycles. The zero-order chi connectivity index (χ0) is 25.2. The number of rotatable bonds is 8. The van der Waals surface area contributed by atoms with Crippen LogP contribution in [0.5, 0.6) is 0 Å². The first-order chi connectivity index (χ1) is 16.7. The van der Waals surface area contributed by atoms with Crippen LogP contribution in [0.15, 0.2) is 48.5 Å². The number of hydrogen-bond acceptors (Lipinski definition) is 4. The van der Waals surface area contributed by atoms with Gasteiger partial charge in [0.1, 0.15) is 12.1 Å². The number of alkyl carbamates (subject to hydrolysis) is 1. The van der Waals surface area contributed by atoms with E-state index in [1.165, 1.54) is 16.0 Å². The molecule has 7 heteroatoms. The standard InChI is InChI=1S/C28H34N2O5/c1-18(2)19(15-25(31)30-14-8-13-28(30,3)26(32)33)16-29-27(34)35-17-24-22-11-6-4-9-20(22)21-10-5-7-12-23(21)24/h4-7,9-12,18-19,24H,8,13-17H2,1-3H3,(H,29,34)(H,32,33)/t19?,28-/m1/s1. The highest BCUT2D eigenvalue weighted by Gasteiger charge is 2.46. The second-order valence-electron chi connectivity index (χ2n) is 10.1. The largest absolute Gasteiger partial charge is 0.480 e. The Morgan fingerprint density at radius 3 is 2.26 bits per heavy atom. The second kappa shape index (κ2) is 10.1. The summed E-state index contributed by atoms with van der Waals surface area (Å²) in [5, 5.41) is 12.4. The molecule has 1 unspecified atom stereocenters. The van der Waals surface area contributed by atoms with Gasteiger partial charge in [0.15, 0.2) is 0 Å². The van der Waals surface area contributed by atoms with Gasteiger partial charge < -0.3 is 20.1 Å². The molecule has 1 aliphatic heterocycles. The Kier molecular flexibility index (Phi) is 7.15. The van der Waals surface area contributed by atoms with Gasteiger partial charge in [-0.15, -0.1) is 0 Å². The van der Waals surface area contributed by atoms with Crippen molar-refractivity contribution in [2.45, 2.75) is 51.5 Å². The van der Waals surface area contributed by atoms with Crippen molar-refractivity contribution in [3.63, 3.8) is 0 Å². The number of fused-ring (bicyclic) bond motifs is 3. The zero-order valence-electron chi connectivity index (χ0n) is 20.6. The molecule has 0 spiro atoms. The van der Waals surface area contributed by atoms with Crippen molar-refractivity contribution in [3.05, 3.63) is 59.7 Å². The maximum absolute atomic E-state index is 13.0. The van der Waals surface area contributed by atoms with Crippen LogP contribution >= 0.6 is 0 Å². The van der Waals surface area contributed by atoms with Gasteiger partial charge in [-0.05, 0) is 53.9 Å². The number of amides is 2. The molecule has 2 N–H and O–H groups in total. The fourth-order valence-electron chi connectivity index (χ4n) is 5.33. The fourth-order valence-corrected chi connectivity index (χ4v) is 5.33. The summed E-state index contributed by atoms with van der Waals surface area (Å²) >= 11 is 0.